The number of amides is 1. The van der Waals surface area contributed by atoms with Crippen molar-refractivity contribution in [1.29, 1.82) is 0 Å². The highest BCUT2D eigenvalue weighted by molar-refractivity contribution is 5.79. The first-order chi connectivity index (χ1) is 10.7. The molecule has 1 amide bonds. The van der Waals surface area contributed by atoms with Crippen LogP contribution < -0.4 is 0 Å². The van der Waals surface area contributed by atoms with Crippen LogP contribution in [0.2, 0.25) is 0 Å². The molecule has 0 saturated carbocycles. The van der Waals surface area contributed by atoms with Gasteiger partial charge in [0, 0.05) is 44.7 Å². The Morgan fingerprint density at radius 1 is 1.27 bits per heavy atom. The third-order valence-electron chi connectivity index (χ3n) is 5.15. The number of aliphatic hydroxyl groups excluding tert-OH is 1. The van der Waals surface area contributed by atoms with Gasteiger partial charge in [-0.1, -0.05) is 20.3 Å². The Bertz CT molecular complexity index is 337. The summed E-state index contributed by atoms with van der Waals surface area (Å²) in [5.74, 6) is 0.470. The minimum Gasteiger partial charge on any atom is -0.395 e. The summed E-state index contributed by atoms with van der Waals surface area (Å²) in [7, 11) is 0. The van der Waals surface area contributed by atoms with E-state index in [-0.39, 0.29) is 24.7 Å². The summed E-state index contributed by atoms with van der Waals surface area (Å²) < 4.78 is 5.76. The van der Waals surface area contributed by atoms with Gasteiger partial charge in [0.05, 0.1) is 12.7 Å². The second-order valence-electron chi connectivity index (χ2n) is 6.61. The fraction of sp³-hybridized carbons (Fsp3) is 0.941. The lowest BCUT2D eigenvalue weighted by Crippen LogP contribution is -2.54. The zero-order chi connectivity index (χ0) is 15.9. The van der Waals surface area contributed by atoms with Gasteiger partial charge < -0.3 is 14.7 Å². The molecule has 3 unspecified atom stereocenters. The van der Waals surface area contributed by atoms with Crippen LogP contribution >= 0.6 is 0 Å². The van der Waals surface area contributed by atoms with Gasteiger partial charge in [-0.2, -0.15) is 0 Å². The van der Waals surface area contributed by atoms with Crippen molar-refractivity contribution in [3.05, 3.63) is 0 Å². The second-order valence-corrected chi connectivity index (χ2v) is 6.61. The lowest BCUT2D eigenvalue weighted by Gasteiger charge is -2.40. The first-order valence-electron chi connectivity index (χ1n) is 8.94. The Morgan fingerprint density at radius 3 is 2.59 bits per heavy atom. The molecule has 0 aromatic rings. The Kier molecular flexibility index (Phi) is 7.12. The lowest BCUT2D eigenvalue weighted by molar-refractivity contribution is -0.143. The number of aliphatic hydroxyl groups is 1. The minimum absolute atomic E-state index is 0.150. The first kappa shape index (κ1) is 17.7. The number of nitrogens with zero attached hydrogens (tertiary/aromatic N) is 2. The van der Waals surface area contributed by atoms with Crippen molar-refractivity contribution in [3.63, 3.8) is 0 Å². The molecule has 2 aliphatic rings. The third-order valence-corrected chi connectivity index (χ3v) is 5.15. The lowest BCUT2D eigenvalue weighted by atomic mass is 9.92. The fourth-order valence-electron chi connectivity index (χ4n) is 3.70. The molecule has 0 aromatic carbocycles. The van der Waals surface area contributed by atoms with Crippen molar-refractivity contribution in [1.82, 2.24) is 9.80 Å². The van der Waals surface area contributed by atoms with Gasteiger partial charge in [0.25, 0.3) is 0 Å². The van der Waals surface area contributed by atoms with Gasteiger partial charge in [0.1, 0.15) is 0 Å². The monoisotopic (exact) mass is 312 g/mol. The summed E-state index contributed by atoms with van der Waals surface area (Å²) in [5.41, 5.74) is 0. The van der Waals surface area contributed by atoms with E-state index in [1.165, 1.54) is 0 Å². The average Bonchev–Trinajstić information content (AvgIpc) is 2.56. The van der Waals surface area contributed by atoms with Crippen LogP contribution in [0, 0.1) is 5.92 Å². The van der Waals surface area contributed by atoms with Crippen LogP contribution in [-0.2, 0) is 9.53 Å². The van der Waals surface area contributed by atoms with E-state index < -0.39 is 0 Å². The van der Waals surface area contributed by atoms with E-state index in [1.807, 2.05) is 4.90 Å². The molecule has 128 valence electrons. The molecular weight excluding hydrogens is 280 g/mol. The maximum absolute atomic E-state index is 12.7. The van der Waals surface area contributed by atoms with Crippen LogP contribution in [0.3, 0.4) is 0 Å². The standard InChI is InChI=1S/C17H32N2O3/c1-3-5-16-12-14(6-11-22-16)17(21)19-9-7-18(8-10-19)15(4-2)13-20/h14-16,20H,3-13H2,1-2H3. The second kappa shape index (κ2) is 8.85. The van der Waals surface area contributed by atoms with Gasteiger partial charge in [-0.15, -0.1) is 0 Å². The van der Waals surface area contributed by atoms with Crippen molar-refractivity contribution in [2.24, 2.45) is 5.92 Å². The number of carbonyl (C=O) groups excluding carboxylic acids is 1. The molecule has 22 heavy (non-hydrogen) atoms. The number of carbonyl (C=O) groups is 1. The molecule has 5 heteroatoms. The summed E-state index contributed by atoms with van der Waals surface area (Å²) in [4.78, 5) is 17.1. The van der Waals surface area contributed by atoms with E-state index in [0.717, 1.165) is 64.9 Å². The Labute approximate surface area is 134 Å². The number of piperazine rings is 1. The molecule has 0 aromatic heterocycles. The third kappa shape index (κ3) is 4.43. The summed E-state index contributed by atoms with van der Waals surface area (Å²) in [6.07, 6.45) is 5.17. The largest absolute Gasteiger partial charge is 0.395 e. The molecule has 2 heterocycles. The molecule has 2 aliphatic heterocycles. The van der Waals surface area contributed by atoms with Crippen LogP contribution in [0.25, 0.3) is 0 Å². The van der Waals surface area contributed by atoms with E-state index in [9.17, 15) is 9.90 Å². The molecule has 0 radical (unpaired) electrons. The zero-order valence-corrected chi connectivity index (χ0v) is 14.2. The molecule has 1 N–H and O–H groups in total. The highest BCUT2D eigenvalue weighted by Crippen LogP contribution is 2.25. The van der Waals surface area contributed by atoms with Crippen LogP contribution in [0.5, 0.6) is 0 Å². The predicted molar refractivity (Wildman–Crippen MR) is 86.7 cm³/mol. The SMILES string of the molecule is CCCC1CC(C(=O)N2CCN(C(CC)CO)CC2)CCO1. The molecule has 0 spiro atoms. The Balaban J connectivity index is 1.81. The molecule has 2 saturated heterocycles. The van der Waals surface area contributed by atoms with Crippen molar-refractivity contribution >= 4 is 5.91 Å². The van der Waals surface area contributed by atoms with Crippen molar-refractivity contribution in [2.75, 3.05) is 39.4 Å². The molecule has 2 rings (SSSR count). The molecule has 3 atom stereocenters. The van der Waals surface area contributed by atoms with E-state index >= 15 is 0 Å². The molecule has 0 bridgehead atoms. The van der Waals surface area contributed by atoms with Crippen molar-refractivity contribution in [2.45, 2.75) is 58.1 Å². The van der Waals surface area contributed by atoms with E-state index in [1.54, 1.807) is 0 Å². The zero-order valence-electron chi connectivity index (χ0n) is 14.2. The highest BCUT2D eigenvalue weighted by Gasteiger charge is 2.32. The smallest absolute Gasteiger partial charge is 0.225 e. The van der Waals surface area contributed by atoms with Crippen LogP contribution in [-0.4, -0.2) is 72.4 Å². The normalized spacial score (nSPS) is 28.6. The number of ether oxygens (including phenoxy) is 1. The Hall–Kier alpha value is -0.650. The van der Waals surface area contributed by atoms with Gasteiger partial charge in [-0.3, -0.25) is 9.69 Å². The number of hydrogen-bond donors (Lipinski definition) is 1. The van der Waals surface area contributed by atoms with E-state index in [4.69, 9.17) is 4.74 Å². The topological polar surface area (TPSA) is 53.0 Å². The fourth-order valence-corrected chi connectivity index (χ4v) is 3.70. The maximum atomic E-state index is 12.7. The molecule has 0 aliphatic carbocycles. The van der Waals surface area contributed by atoms with Gasteiger partial charge in [0.15, 0.2) is 0 Å². The quantitative estimate of drug-likeness (QED) is 0.807. The van der Waals surface area contributed by atoms with Gasteiger partial charge in [-0.25, -0.2) is 0 Å². The summed E-state index contributed by atoms with van der Waals surface area (Å²) in [6.45, 7) is 8.56. The van der Waals surface area contributed by atoms with Crippen LogP contribution in [0.1, 0.15) is 46.0 Å². The minimum atomic E-state index is 0.150. The molecule has 5 nitrogen and oxygen atoms in total. The number of rotatable bonds is 6. The van der Waals surface area contributed by atoms with Crippen molar-refractivity contribution in [3.8, 4) is 0 Å². The Morgan fingerprint density at radius 2 is 2.00 bits per heavy atom. The number of hydrogen-bond acceptors (Lipinski definition) is 4. The maximum Gasteiger partial charge on any atom is 0.225 e. The highest BCUT2D eigenvalue weighted by atomic mass is 16.5. The van der Waals surface area contributed by atoms with E-state index in [0.29, 0.717) is 5.91 Å². The predicted octanol–water partition coefficient (Wildman–Crippen LogP) is 1.50. The average molecular weight is 312 g/mol. The summed E-state index contributed by atoms with van der Waals surface area (Å²) in [5, 5.41) is 9.40. The summed E-state index contributed by atoms with van der Waals surface area (Å²) in [6, 6.07) is 0.245. The van der Waals surface area contributed by atoms with E-state index in [2.05, 4.69) is 18.7 Å². The first-order valence-corrected chi connectivity index (χ1v) is 8.94. The van der Waals surface area contributed by atoms with Gasteiger partial charge in [0.2, 0.25) is 5.91 Å². The van der Waals surface area contributed by atoms with Crippen molar-refractivity contribution < 1.29 is 14.6 Å². The van der Waals surface area contributed by atoms with Crippen LogP contribution in [0.15, 0.2) is 0 Å². The van der Waals surface area contributed by atoms with Gasteiger partial charge in [-0.05, 0) is 25.7 Å². The molecule has 2 fully saturated rings. The van der Waals surface area contributed by atoms with Gasteiger partial charge >= 0.3 is 0 Å². The summed E-state index contributed by atoms with van der Waals surface area (Å²) >= 11 is 0. The van der Waals surface area contributed by atoms with Crippen LogP contribution in [0.4, 0.5) is 0 Å². The molecular formula is C17H32N2O3.